The average molecular weight is 684 g/mol. The fraction of sp³-hybridized carbons (Fsp3) is 0.342. The zero-order valence-electron chi connectivity index (χ0n) is 28.5. The summed E-state index contributed by atoms with van der Waals surface area (Å²) in [7, 11) is 1.51. The molecule has 0 saturated heterocycles. The number of carbonyl (C=O) groups excluding carboxylic acids is 3. The lowest BCUT2D eigenvalue weighted by molar-refractivity contribution is -0.125. The third-order valence-electron chi connectivity index (χ3n) is 7.96. The molecule has 0 aliphatic rings. The lowest BCUT2D eigenvalue weighted by Gasteiger charge is -2.30. The van der Waals surface area contributed by atoms with Gasteiger partial charge in [-0.15, -0.1) is 0 Å². The summed E-state index contributed by atoms with van der Waals surface area (Å²) in [4.78, 5) is 47.6. The molecule has 4 atom stereocenters. The summed E-state index contributed by atoms with van der Waals surface area (Å²) in [6.07, 6.45) is 3.07. The lowest BCUT2D eigenvalue weighted by atomic mass is 9.93. The number of benzene rings is 2. The number of methoxy groups -OCH3 is 1. The predicted molar refractivity (Wildman–Crippen MR) is 187 cm³/mol. The largest absolute Gasteiger partial charge is 0.481 e. The molecule has 2 aromatic heterocycles. The average Bonchev–Trinajstić information content (AvgIpc) is 3.13. The number of hydrogen-bond donors (Lipinski definition) is 4. The molecule has 4 aromatic rings. The first-order chi connectivity index (χ1) is 24.2. The zero-order valence-corrected chi connectivity index (χ0v) is 28.5. The molecule has 0 aliphatic carbocycles. The van der Waals surface area contributed by atoms with E-state index in [4.69, 9.17) is 14.2 Å². The highest BCUT2D eigenvalue weighted by atomic mass is 16.6. The maximum absolute atomic E-state index is 13.7. The smallest absolute Gasteiger partial charge is 0.408 e. The molecule has 0 spiro atoms. The number of aliphatic hydroxyl groups is 1. The molecule has 0 bridgehead atoms. The van der Waals surface area contributed by atoms with E-state index in [-0.39, 0.29) is 25.6 Å². The first-order valence-electron chi connectivity index (χ1n) is 16.5. The summed E-state index contributed by atoms with van der Waals surface area (Å²) in [6.45, 7) is 3.61. The second-order valence-electron chi connectivity index (χ2n) is 12.2. The van der Waals surface area contributed by atoms with Crippen LogP contribution < -0.4 is 20.7 Å². The Morgan fingerprint density at radius 1 is 0.720 bits per heavy atom. The third-order valence-corrected chi connectivity index (χ3v) is 7.96. The number of aliphatic hydroxyl groups excluding tert-OH is 1. The number of alkyl carbamates (subject to hydrolysis) is 2. The molecule has 12 nitrogen and oxygen atoms in total. The number of aromatic nitrogens is 2. The van der Waals surface area contributed by atoms with Crippen molar-refractivity contribution < 1.29 is 33.7 Å². The van der Waals surface area contributed by atoms with E-state index in [9.17, 15) is 19.5 Å². The Morgan fingerprint density at radius 2 is 1.32 bits per heavy atom. The molecule has 1 unspecified atom stereocenters. The molecule has 0 saturated carbocycles. The van der Waals surface area contributed by atoms with Gasteiger partial charge in [0.2, 0.25) is 11.8 Å². The Morgan fingerprint density at radius 3 is 1.88 bits per heavy atom. The van der Waals surface area contributed by atoms with Gasteiger partial charge in [0.05, 0.1) is 19.3 Å². The van der Waals surface area contributed by atoms with Crippen molar-refractivity contribution in [2.45, 2.75) is 70.6 Å². The van der Waals surface area contributed by atoms with E-state index in [0.717, 1.165) is 16.7 Å². The van der Waals surface area contributed by atoms with Crippen molar-refractivity contribution in [2.24, 2.45) is 5.92 Å². The fourth-order valence-electron chi connectivity index (χ4n) is 5.28. The molecule has 50 heavy (non-hydrogen) atoms. The molecule has 264 valence electrons. The molecular weight excluding hydrogens is 638 g/mol. The first-order valence-corrected chi connectivity index (χ1v) is 16.5. The Kier molecular flexibility index (Phi) is 14.6. The van der Waals surface area contributed by atoms with Gasteiger partial charge in [0.1, 0.15) is 19.3 Å². The Labute approximate surface area is 292 Å². The van der Waals surface area contributed by atoms with Crippen LogP contribution in [0.4, 0.5) is 9.59 Å². The van der Waals surface area contributed by atoms with E-state index in [2.05, 4.69) is 25.9 Å². The molecule has 12 heteroatoms. The number of amides is 3. The van der Waals surface area contributed by atoms with Gasteiger partial charge in [-0.2, -0.15) is 0 Å². The van der Waals surface area contributed by atoms with Gasteiger partial charge >= 0.3 is 12.2 Å². The van der Waals surface area contributed by atoms with E-state index >= 15 is 0 Å². The number of ether oxygens (including phenoxy) is 3. The SMILES string of the molecule is COc1ccc(COC(=O)NC(C(=O)N[C@@H](Cc2ccccc2)C[C@H](O)[C@H](Cc2ccccc2)NC(=O)OCc2cccnc2)C(C)C)cn1. The van der Waals surface area contributed by atoms with Gasteiger partial charge in [-0.05, 0) is 48.4 Å². The molecule has 0 radical (unpaired) electrons. The lowest BCUT2D eigenvalue weighted by Crippen LogP contribution is -2.54. The maximum atomic E-state index is 13.7. The van der Waals surface area contributed by atoms with Crippen LogP contribution >= 0.6 is 0 Å². The van der Waals surface area contributed by atoms with Gasteiger partial charge < -0.3 is 35.3 Å². The van der Waals surface area contributed by atoms with Crippen molar-refractivity contribution in [1.82, 2.24) is 25.9 Å². The van der Waals surface area contributed by atoms with Crippen LogP contribution in [0.3, 0.4) is 0 Å². The predicted octanol–water partition coefficient (Wildman–Crippen LogP) is 4.75. The van der Waals surface area contributed by atoms with Crippen LogP contribution in [-0.4, -0.2) is 64.5 Å². The Hall–Kier alpha value is -5.49. The molecule has 2 aromatic carbocycles. The highest BCUT2D eigenvalue weighted by Crippen LogP contribution is 2.16. The van der Waals surface area contributed by atoms with Gasteiger partial charge in [0, 0.05) is 41.8 Å². The molecule has 4 N–H and O–H groups in total. The third kappa shape index (κ3) is 12.5. The topological polar surface area (TPSA) is 161 Å². The summed E-state index contributed by atoms with van der Waals surface area (Å²) in [5.41, 5.74) is 3.22. The number of nitrogens with zero attached hydrogens (tertiary/aromatic N) is 2. The second-order valence-corrected chi connectivity index (χ2v) is 12.2. The van der Waals surface area contributed by atoms with Crippen LogP contribution in [0.5, 0.6) is 5.88 Å². The van der Waals surface area contributed by atoms with Crippen LogP contribution in [0.25, 0.3) is 0 Å². The number of rotatable bonds is 17. The molecule has 0 aliphatic heterocycles. The zero-order chi connectivity index (χ0) is 35.7. The summed E-state index contributed by atoms with van der Waals surface area (Å²) in [5, 5.41) is 20.2. The molecule has 3 amide bonds. The summed E-state index contributed by atoms with van der Waals surface area (Å²) >= 11 is 0. The van der Waals surface area contributed by atoms with Crippen LogP contribution in [0.2, 0.25) is 0 Å². The van der Waals surface area contributed by atoms with Gasteiger partial charge in [-0.3, -0.25) is 9.78 Å². The van der Waals surface area contributed by atoms with E-state index in [1.807, 2.05) is 74.5 Å². The van der Waals surface area contributed by atoms with Crippen LogP contribution in [0.1, 0.15) is 42.5 Å². The molecule has 0 fully saturated rings. The van der Waals surface area contributed by atoms with Crippen molar-refractivity contribution in [1.29, 1.82) is 0 Å². The summed E-state index contributed by atoms with van der Waals surface area (Å²) in [5.74, 6) is -0.276. The summed E-state index contributed by atoms with van der Waals surface area (Å²) < 4.78 is 15.9. The number of nitrogens with one attached hydrogen (secondary N) is 3. The standard InChI is InChI=1S/C38H45N5O7/c1-26(2)35(43-38(47)50-25-30-16-17-34(48-3)40-23-30)36(45)41-31(19-27-11-6-4-7-12-27)21-33(44)32(20-28-13-8-5-9-14-28)42-37(46)49-24-29-15-10-18-39-22-29/h4-18,22-23,26,31-33,35,44H,19-21,24-25H2,1-3H3,(H,41,45)(H,42,46)(H,43,47)/t31-,32-,33-,35?/m0/s1. The van der Waals surface area contributed by atoms with E-state index < -0.39 is 42.3 Å². The van der Waals surface area contributed by atoms with Crippen LogP contribution in [0, 0.1) is 5.92 Å². The van der Waals surface area contributed by atoms with Gasteiger partial charge in [-0.1, -0.05) is 80.6 Å². The van der Waals surface area contributed by atoms with Gasteiger partial charge in [0.15, 0.2) is 0 Å². The maximum Gasteiger partial charge on any atom is 0.408 e. The minimum Gasteiger partial charge on any atom is -0.481 e. The van der Waals surface area contributed by atoms with Gasteiger partial charge in [-0.25, -0.2) is 14.6 Å². The highest BCUT2D eigenvalue weighted by Gasteiger charge is 2.30. The monoisotopic (exact) mass is 683 g/mol. The quantitative estimate of drug-likeness (QED) is 0.123. The number of carbonyl (C=O) groups is 3. The Bertz CT molecular complexity index is 1610. The van der Waals surface area contributed by atoms with E-state index in [1.165, 1.54) is 7.11 Å². The minimum atomic E-state index is -1.08. The van der Waals surface area contributed by atoms with Crippen molar-refractivity contribution in [2.75, 3.05) is 7.11 Å². The Balaban J connectivity index is 1.45. The first kappa shape index (κ1) is 37.3. The van der Waals surface area contributed by atoms with Crippen LogP contribution in [-0.2, 0) is 40.3 Å². The highest BCUT2D eigenvalue weighted by molar-refractivity contribution is 5.86. The number of hydrogen-bond acceptors (Lipinski definition) is 9. The normalized spacial score (nSPS) is 13.3. The van der Waals surface area contributed by atoms with Crippen molar-refractivity contribution in [3.63, 3.8) is 0 Å². The molecular formula is C38H45N5O7. The fourth-order valence-corrected chi connectivity index (χ4v) is 5.28. The minimum absolute atomic E-state index is 0.0174. The van der Waals surface area contributed by atoms with E-state index in [1.54, 1.807) is 42.9 Å². The van der Waals surface area contributed by atoms with Crippen molar-refractivity contribution >= 4 is 18.1 Å². The van der Waals surface area contributed by atoms with E-state index in [0.29, 0.717) is 24.3 Å². The van der Waals surface area contributed by atoms with Gasteiger partial charge in [0.25, 0.3) is 0 Å². The second kappa shape index (κ2) is 19.5. The summed E-state index contributed by atoms with van der Waals surface area (Å²) in [6, 6.07) is 23.8. The van der Waals surface area contributed by atoms with Crippen molar-refractivity contribution in [3.05, 3.63) is 126 Å². The number of pyridine rings is 2. The van der Waals surface area contributed by atoms with Crippen molar-refractivity contribution in [3.8, 4) is 5.88 Å². The molecule has 2 heterocycles. The molecule has 4 rings (SSSR count). The van der Waals surface area contributed by atoms with Crippen LogP contribution in [0.15, 0.2) is 104 Å².